The third-order valence-electron chi connectivity index (χ3n) is 4.36. The van der Waals surface area contributed by atoms with Crippen molar-refractivity contribution in [3.8, 4) is 0 Å². The van der Waals surface area contributed by atoms with Gasteiger partial charge in [0.05, 0.1) is 17.1 Å². The number of fused-ring (bicyclic) bond motifs is 1. The number of nitrogens with one attached hydrogen (secondary N) is 2. The van der Waals surface area contributed by atoms with Crippen LogP contribution in [-0.4, -0.2) is 21.8 Å². The van der Waals surface area contributed by atoms with E-state index >= 15 is 0 Å². The Kier molecular flexibility index (Phi) is 4.35. The van der Waals surface area contributed by atoms with Gasteiger partial charge in [0.25, 0.3) is 5.91 Å². The highest BCUT2D eigenvalue weighted by Crippen LogP contribution is 2.28. The van der Waals surface area contributed by atoms with Crippen molar-refractivity contribution in [3.05, 3.63) is 75.8 Å². The van der Waals surface area contributed by atoms with Crippen LogP contribution < -0.4 is 5.32 Å². The fourth-order valence-corrected chi connectivity index (χ4v) is 3.13. The topological polar surface area (TPSA) is 65.2 Å². The molecular formula is C19H11ClF3N3O2. The molecule has 9 heteroatoms. The van der Waals surface area contributed by atoms with Crippen molar-refractivity contribution in [3.63, 3.8) is 0 Å². The van der Waals surface area contributed by atoms with Crippen LogP contribution in [0, 0.1) is 17.5 Å². The van der Waals surface area contributed by atoms with E-state index in [9.17, 15) is 22.8 Å². The molecule has 0 spiro atoms. The molecular weight excluding hydrogens is 395 g/mol. The van der Waals surface area contributed by atoms with E-state index in [0.29, 0.717) is 10.9 Å². The van der Waals surface area contributed by atoms with E-state index in [1.165, 1.54) is 24.4 Å². The van der Waals surface area contributed by atoms with Gasteiger partial charge in [0.15, 0.2) is 17.5 Å². The molecule has 2 heterocycles. The summed E-state index contributed by atoms with van der Waals surface area (Å²) in [4.78, 5) is 28.3. The van der Waals surface area contributed by atoms with Crippen molar-refractivity contribution in [1.29, 1.82) is 0 Å². The summed E-state index contributed by atoms with van der Waals surface area (Å²) in [6.07, 6.45) is 2.88. The Morgan fingerprint density at radius 2 is 1.86 bits per heavy atom. The van der Waals surface area contributed by atoms with Gasteiger partial charge in [-0.3, -0.25) is 9.69 Å². The zero-order valence-corrected chi connectivity index (χ0v) is 14.8. The molecule has 1 aromatic heterocycles. The molecule has 2 aromatic carbocycles. The number of nitrogens with zero attached hydrogens (tertiary/aromatic N) is 1. The maximum atomic E-state index is 14.0. The Morgan fingerprint density at radius 3 is 2.61 bits per heavy atom. The number of benzene rings is 2. The van der Waals surface area contributed by atoms with E-state index in [4.69, 9.17) is 11.6 Å². The maximum Gasteiger partial charge on any atom is 0.329 e. The number of amides is 3. The standard InChI is InChI=1S/C19H11ClF3N3O2/c20-12-3-2-11-10(7-24-17(11)16(12)23)6-15-18(27)26(19(28)25-15)8-9-1-4-13(21)14(22)5-9/h1-7,24H,8H2,(H,25,28). The Labute approximate surface area is 161 Å². The summed E-state index contributed by atoms with van der Waals surface area (Å²) >= 11 is 5.75. The molecule has 1 aliphatic rings. The predicted octanol–water partition coefficient (Wildman–Crippen LogP) is 4.33. The van der Waals surface area contributed by atoms with Crippen molar-refractivity contribution >= 4 is 40.5 Å². The fraction of sp³-hybridized carbons (Fsp3) is 0.0526. The van der Waals surface area contributed by atoms with Crippen LogP contribution in [0.15, 0.2) is 42.2 Å². The van der Waals surface area contributed by atoms with Gasteiger partial charge in [-0.25, -0.2) is 18.0 Å². The normalized spacial score (nSPS) is 15.7. The first-order valence-electron chi connectivity index (χ1n) is 8.08. The summed E-state index contributed by atoms with van der Waals surface area (Å²) < 4.78 is 40.4. The van der Waals surface area contributed by atoms with Gasteiger partial charge in [-0.1, -0.05) is 23.7 Å². The molecule has 28 heavy (non-hydrogen) atoms. The molecule has 0 radical (unpaired) electrons. The summed E-state index contributed by atoms with van der Waals surface area (Å²) in [5.41, 5.74) is 0.884. The van der Waals surface area contributed by atoms with Crippen molar-refractivity contribution in [1.82, 2.24) is 15.2 Å². The fourth-order valence-electron chi connectivity index (χ4n) is 2.97. The number of hydrogen-bond donors (Lipinski definition) is 2. The largest absolute Gasteiger partial charge is 0.358 e. The molecule has 1 fully saturated rings. The highest BCUT2D eigenvalue weighted by molar-refractivity contribution is 6.31. The molecule has 0 aliphatic carbocycles. The Bertz CT molecular complexity index is 1170. The summed E-state index contributed by atoms with van der Waals surface area (Å²) in [5.74, 6) is -3.35. The number of hydrogen-bond acceptors (Lipinski definition) is 2. The first-order valence-corrected chi connectivity index (χ1v) is 8.46. The number of imide groups is 1. The number of rotatable bonds is 3. The third kappa shape index (κ3) is 3.01. The molecule has 0 unspecified atom stereocenters. The second kappa shape index (κ2) is 6.72. The lowest BCUT2D eigenvalue weighted by atomic mass is 10.1. The lowest BCUT2D eigenvalue weighted by Gasteiger charge is -2.11. The van der Waals surface area contributed by atoms with Gasteiger partial charge in [0.2, 0.25) is 0 Å². The molecule has 1 aliphatic heterocycles. The maximum absolute atomic E-state index is 14.0. The highest BCUT2D eigenvalue weighted by atomic mass is 35.5. The van der Waals surface area contributed by atoms with Crippen LogP contribution >= 0.6 is 11.6 Å². The highest BCUT2D eigenvalue weighted by Gasteiger charge is 2.33. The second-order valence-electron chi connectivity index (χ2n) is 6.16. The van der Waals surface area contributed by atoms with Gasteiger partial charge in [-0.15, -0.1) is 0 Å². The van der Waals surface area contributed by atoms with Crippen LogP contribution in [0.5, 0.6) is 0 Å². The first kappa shape index (κ1) is 18.1. The summed E-state index contributed by atoms with van der Waals surface area (Å²) in [5, 5.41) is 2.86. The predicted molar refractivity (Wildman–Crippen MR) is 96.7 cm³/mol. The van der Waals surface area contributed by atoms with E-state index in [1.54, 1.807) is 6.07 Å². The van der Waals surface area contributed by atoms with Gasteiger partial charge in [-0.2, -0.15) is 0 Å². The summed E-state index contributed by atoms with van der Waals surface area (Å²) in [7, 11) is 0. The van der Waals surface area contributed by atoms with Crippen LogP contribution in [0.3, 0.4) is 0 Å². The molecule has 0 atom stereocenters. The van der Waals surface area contributed by atoms with Crippen LogP contribution in [0.4, 0.5) is 18.0 Å². The second-order valence-corrected chi connectivity index (χ2v) is 6.56. The molecule has 0 saturated carbocycles. The molecule has 2 N–H and O–H groups in total. The van der Waals surface area contributed by atoms with Gasteiger partial charge >= 0.3 is 6.03 Å². The van der Waals surface area contributed by atoms with Crippen LogP contribution in [0.1, 0.15) is 11.1 Å². The number of urea groups is 1. The van der Waals surface area contributed by atoms with E-state index in [1.807, 2.05) is 0 Å². The molecule has 0 bridgehead atoms. The van der Waals surface area contributed by atoms with Gasteiger partial charge in [0, 0.05) is 17.1 Å². The minimum absolute atomic E-state index is 0.0242. The number of aromatic nitrogens is 1. The molecule has 3 aromatic rings. The SMILES string of the molecule is O=C1NC(=Cc2c[nH]c3c(F)c(Cl)ccc23)C(=O)N1Cc1ccc(F)c(F)c1. The zero-order chi connectivity index (χ0) is 20.0. The minimum Gasteiger partial charge on any atom is -0.358 e. The minimum atomic E-state index is -1.07. The van der Waals surface area contributed by atoms with Gasteiger partial charge in [0.1, 0.15) is 5.70 Å². The first-order chi connectivity index (χ1) is 13.3. The Hall–Kier alpha value is -3.26. The molecule has 4 rings (SSSR count). The average Bonchev–Trinajstić information content (AvgIpc) is 3.18. The quantitative estimate of drug-likeness (QED) is 0.503. The lowest BCUT2D eigenvalue weighted by Crippen LogP contribution is -2.30. The van der Waals surface area contributed by atoms with Crippen molar-refractivity contribution in [2.24, 2.45) is 0 Å². The number of halogens is 4. The van der Waals surface area contributed by atoms with E-state index in [0.717, 1.165) is 17.0 Å². The number of aromatic amines is 1. The molecule has 1 saturated heterocycles. The Morgan fingerprint density at radius 1 is 1.07 bits per heavy atom. The van der Waals surface area contributed by atoms with Gasteiger partial charge in [-0.05, 0) is 29.8 Å². The summed E-state index contributed by atoms with van der Waals surface area (Å²) in [6, 6.07) is 5.40. The molecule has 3 amide bonds. The molecule has 142 valence electrons. The Balaban J connectivity index is 1.63. The van der Waals surface area contributed by atoms with Crippen LogP contribution in [0.2, 0.25) is 5.02 Å². The number of carbonyl (C=O) groups is 2. The van der Waals surface area contributed by atoms with E-state index < -0.39 is 29.4 Å². The van der Waals surface area contributed by atoms with Crippen molar-refractivity contribution in [2.45, 2.75) is 6.54 Å². The third-order valence-corrected chi connectivity index (χ3v) is 4.66. The number of H-pyrrole nitrogens is 1. The van der Waals surface area contributed by atoms with Crippen molar-refractivity contribution in [2.75, 3.05) is 0 Å². The van der Waals surface area contributed by atoms with E-state index in [-0.39, 0.29) is 28.3 Å². The molecule has 5 nitrogen and oxygen atoms in total. The van der Waals surface area contributed by atoms with Crippen LogP contribution in [-0.2, 0) is 11.3 Å². The lowest BCUT2D eigenvalue weighted by molar-refractivity contribution is -0.123. The van der Waals surface area contributed by atoms with Crippen LogP contribution in [0.25, 0.3) is 17.0 Å². The van der Waals surface area contributed by atoms with Crippen molar-refractivity contribution < 1.29 is 22.8 Å². The smallest absolute Gasteiger partial charge is 0.329 e. The van der Waals surface area contributed by atoms with E-state index in [2.05, 4.69) is 10.3 Å². The number of carbonyl (C=O) groups excluding carboxylic acids is 2. The monoisotopic (exact) mass is 405 g/mol. The van der Waals surface area contributed by atoms with Gasteiger partial charge < -0.3 is 10.3 Å². The zero-order valence-electron chi connectivity index (χ0n) is 14.0. The summed E-state index contributed by atoms with van der Waals surface area (Å²) in [6.45, 7) is -0.225. The average molecular weight is 406 g/mol.